The molecule has 2 amide bonds. The number of quaternary nitrogens is 1. The van der Waals surface area contributed by atoms with Crippen molar-refractivity contribution >= 4 is 11.8 Å². The summed E-state index contributed by atoms with van der Waals surface area (Å²) in [6.45, 7) is 8.98. The molecule has 0 bridgehead atoms. The summed E-state index contributed by atoms with van der Waals surface area (Å²) in [5.41, 5.74) is 0. The normalized spacial score (nSPS) is 15.6. The first-order chi connectivity index (χ1) is 8.22. The van der Waals surface area contributed by atoms with Crippen LogP contribution in [0.3, 0.4) is 0 Å². The molecule has 18 heavy (non-hydrogen) atoms. The number of nitrogens with zero attached hydrogens (tertiary/aromatic N) is 1. The van der Waals surface area contributed by atoms with Gasteiger partial charge in [0.2, 0.25) is 11.8 Å². The Balaban J connectivity index is 0.00000289. The SMILES string of the molecule is C=CC(=O)NC(=O)CCCCN1CC[NH2+]CC1.[Cl-]. The van der Waals surface area contributed by atoms with Gasteiger partial charge in [-0.3, -0.25) is 19.8 Å². The Hall–Kier alpha value is -0.910. The van der Waals surface area contributed by atoms with Crippen LogP contribution in [-0.2, 0) is 9.59 Å². The second-order valence-electron chi connectivity index (χ2n) is 4.28. The fourth-order valence-corrected chi connectivity index (χ4v) is 1.90. The van der Waals surface area contributed by atoms with Crippen LogP contribution < -0.4 is 23.0 Å². The highest BCUT2D eigenvalue weighted by atomic mass is 35.5. The van der Waals surface area contributed by atoms with Gasteiger partial charge in [-0.25, -0.2) is 0 Å². The maximum absolute atomic E-state index is 11.3. The predicted molar refractivity (Wildman–Crippen MR) is 65.3 cm³/mol. The number of piperazine rings is 1. The fraction of sp³-hybridized carbons (Fsp3) is 0.667. The van der Waals surface area contributed by atoms with Crippen molar-refractivity contribution < 1.29 is 27.3 Å². The van der Waals surface area contributed by atoms with E-state index in [1.807, 2.05) is 0 Å². The van der Waals surface area contributed by atoms with Crippen molar-refractivity contribution in [3.63, 3.8) is 0 Å². The third-order valence-electron chi connectivity index (χ3n) is 2.88. The molecular formula is C12H22ClN3O2. The third-order valence-corrected chi connectivity index (χ3v) is 2.88. The number of hydrogen-bond acceptors (Lipinski definition) is 3. The maximum Gasteiger partial charge on any atom is 0.249 e. The highest BCUT2D eigenvalue weighted by Gasteiger charge is 2.11. The smallest absolute Gasteiger partial charge is 0.249 e. The van der Waals surface area contributed by atoms with Gasteiger partial charge in [-0.05, 0) is 25.5 Å². The number of nitrogens with one attached hydrogen (secondary N) is 1. The van der Waals surface area contributed by atoms with Crippen LogP contribution in [0.4, 0.5) is 0 Å². The molecule has 0 aromatic rings. The van der Waals surface area contributed by atoms with Crippen molar-refractivity contribution in [2.45, 2.75) is 19.3 Å². The lowest BCUT2D eigenvalue weighted by molar-refractivity contribution is -0.663. The number of unbranched alkanes of at least 4 members (excludes halogenated alkanes) is 1. The topological polar surface area (TPSA) is 66.0 Å². The first-order valence-electron chi connectivity index (χ1n) is 6.22. The van der Waals surface area contributed by atoms with E-state index in [1.54, 1.807) is 0 Å². The molecule has 0 aromatic heterocycles. The predicted octanol–water partition coefficient (Wildman–Crippen LogP) is -4.13. The molecule has 1 aliphatic heterocycles. The monoisotopic (exact) mass is 275 g/mol. The molecule has 1 fully saturated rings. The summed E-state index contributed by atoms with van der Waals surface area (Å²) in [6, 6.07) is 0. The van der Waals surface area contributed by atoms with E-state index in [9.17, 15) is 9.59 Å². The van der Waals surface area contributed by atoms with Crippen molar-refractivity contribution in [2.24, 2.45) is 0 Å². The zero-order valence-electron chi connectivity index (χ0n) is 10.7. The van der Waals surface area contributed by atoms with E-state index >= 15 is 0 Å². The summed E-state index contributed by atoms with van der Waals surface area (Å²) in [4.78, 5) is 24.5. The van der Waals surface area contributed by atoms with Crippen LogP contribution in [0.1, 0.15) is 19.3 Å². The van der Waals surface area contributed by atoms with Crippen LogP contribution in [0, 0.1) is 0 Å². The van der Waals surface area contributed by atoms with Crippen LogP contribution in [0.15, 0.2) is 12.7 Å². The second kappa shape index (κ2) is 10.1. The van der Waals surface area contributed by atoms with Gasteiger partial charge in [0.15, 0.2) is 0 Å². The lowest BCUT2D eigenvalue weighted by atomic mass is 10.2. The largest absolute Gasteiger partial charge is 1.00 e. The zero-order chi connectivity index (χ0) is 12.5. The van der Waals surface area contributed by atoms with Gasteiger partial charge in [0.05, 0.1) is 13.1 Å². The molecular weight excluding hydrogens is 254 g/mol. The van der Waals surface area contributed by atoms with Gasteiger partial charge < -0.3 is 17.7 Å². The van der Waals surface area contributed by atoms with Gasteiger partial charge >= 0.3 is 0 Å². The molecule has 104 valence electrons. The van der Waals surface area contributed by atoms with E-state index in [-0.39, 0.29) is 18.3 Å². The number of halogens is 1. The third kappa shape index (κ3) is 7.42. The molecule has 1 saturated heterocycles. The lowest BCUT2D eigenvalue weighted by Gasteiger charge is -2.24. The number of carbonyl (C=O) groups excluding carboxylic acids is 2. The van der Waals surface area contributed by atoms with Gasteiger partial charge in [0.1, 0.15) is 0 Å². The highest BCUT2D eigenvalue weighted by Crippen LogP contribution is 1.99. The van der Waals surface area contributed by atoms with E-state index in [1.165, 1.54) is 13.1 Å². The molecule has 1 rings (SSSR count). The van der Waals surface area contributed by atoms with Crippen molar-refractivity contribution in [2.75, 3.05) is 32.7 Å². The Bertz CT molecular complexity index is 278. The number of amides is 2. The molecule has 0 aliphatic carbocycles. The summed E-state index contributed by atoms with van der Waals surface area (Å²) < 4.78 is 0. The molecule has 0 saturated carbocycles. The van der Waals surface area contributed by atoms with E-state index in [0.29, 0.717) is 6.42 Å². The molecule has 3 N–H and O–H groups in total. The average molecular weight is 276 g/mol. The number of carbonyl (C=O) groups is 2. The fourth-order valence-electron chi connectivity index (χ4n) is 1.90. The summed E-state index contributed by atoms with van der Waals surface area (Å²) in [7, 11) is 0. The van der Waals surface area contributed by atoms with Crippen LogP contribution >= 0.6 is 0 Å². The van der Waals surface area contributed by atoms with Crippen LogP contribution in [-0.4, -0.2) is 49.4 Å². The van der Waals surface area contributed by atoms with Crippen molar-refractivity contribution in [3.05, 3.63) is 12.7 Å². The first kappa shape index (κ1) is 17.1. The minimum Gasteiger partial charge on any atom is -1.00 e. The Morgan fingerprint density at radius 2 is 1.94 bits per heavy atom. The Kier molecular flexibility index (Phi) is 9.55. The average Bonchev–Trinajstić information content (AvgIpc) is 2.36. The minimum absolute atomic E-state index is 0. The minimum atomic E-state index is -0.415. The van der Waals surface area contributed by atoms with E-state index < -0.39 is 5.91 Å². The van der Waals surface area contributed by atoms with Gasteiger partial charge in [0.25, 0.3) is 0 Å². The Labute approximate surface area is 114 Å². The Morgan fingerprint density at radius 1 is 1.28 bits per heavy atom. The van der Waals surface area contributed by atoms with Gasteiger partial charge in [-0.1, -0.05) is 6.58 Å². The van der Waals surface area contributed by atoms with Gasteiger partial charge in [-0.15, -0.1) is 0 Å². The van der Waals surface area contributed by atoms with Crippen LogP contribution in [0.25, 0.3) is 0 Å². The van der Waals surface area contributed by atoms with Crippen molar-refractivity contribution in [3.8, 4) is 0 Å². The lowest BCUT2D eigenvalue weighted by Crippen LogP contribution is -3.00. The van der Waals surface area contributed by atoms with Crippen molar-refractivity contribution in [1.29, 1.82) is 0 Å². The number of nitrogens with two attached hydrogens (primary N) is 1. The molecule has 1 heterocycles. The second-order valence-corrected chi connectivity index (χ2v) is 4.28. The first-order valence-corrected chi connectivity index (χ1v) is 6.22. The van der Waals surface area contributed by atoms with Crippen molar-refractivity contribution in [1.82, 2.24) is 10.2 Å². The number of imide groups is 1. The van der Waals surface area contributed by atoms with Gasteiger partial charge in [-0.2, -0.15) is 0 Å². The maximum atomic E-state index is 11.3. The number of rotatable bonds is 6. The highest BCUT2D eigenvalue weighted by molar-refractivity contribution is 6.00. The summed E-state index contributed by atoms with van der Waals surface area (Å²) in [6.07, 6.45) is 3.37. The van der Waals surface area contributed by atoms with E-state index in [0.717, 1.165) is 38.6 Å². The molecule has 6 heteroatoms. The molecule has 0 spiro atoms. The van der Waals surface area contributed by atoms with Gasteiger partial charge in [0, 0.05) is 19.5 Å². The molecule has 0 aromatic carbocycles. The van der Waals surface area contributed by atoms with E-state index in [2.05, 4.69) is 22.1 Å². The number of hydrogen-bond donors (Lipinski definition) is 2. The van der Waals surface area contributed by atoms with Crippen LogP contribution in [0.5, 0.6) is 0 Å². The summed E-state index contributed by atoms with van der Waals surface area (Å²) in [5.74, 6) is -0.622. The molecule has 0 radical (unpaired) electrons. The zero-order valence-corrected chi connectivity index (χ0v) is 11.4. The Morgan fingerprint density at radius 3 is 2.56 bits per heavy atom. The summed E-state index contributed by atoms with van der Waals surface area (Å²) in [5, 5.41) is 4.58. The standard InChI is InChI=1S/C12H21N3O2.ClH/c1-2-11(16)14-12(17)5-3-4-8-15-9-6-13-7-10-15;/h2,13H,1,3-10H2,(H,14,16,17);1H. The van der Waals surface area contributed by atoms with Crippen LogP contribution in [0.2, 0.25) is 0 Å². The molecule has 1 aliphatic rings. The summed E-state index contributed by atoms with van der Waals surface area (Å²) >= 11 is 0. The molecule has 0 atom stereocenters. The molecule has 5 nitrogen and oxygen atoms in total. The molecule has 0 unspecified atom stereocenters. The quantitative estimate of drug-likeness (QED) is 0.382. The van der Waals surface area contributed by atoms with E-state index in [4.69, 9.17) is 0 Å².